The fourth-order valence-corrected chi connectivity index (χ4v) is 4.60. The number of nitrogens with one attached hydrogen (secondary N) is 1. The van der Waals surface area contributed by atoms with Crippen molar-refractivity contribution in [2.45, 2.75) is 49.5 Å². The van der Waals surface area contributed by atoms with Gasteiger partial charge in [0, 0.05) is 10.0 Å². The first-order chi connectivity index (χ1) is 8.82. The second-order valence-electron chi connectivity index (χ2n) is 5.30. The van der Waals surface area contributed by atoms with Gasteiger partial charge in [0.1, 0.15) is 0 Å². The lowest BCUT2D eigenvalue weighted by Gasteiger charge is -2.34. The maximum absolute atomic E-state index is 12.4. The number of hydrogen-bond acceptors (Lipinski definition) is 2. The highest BCUT2D eigenvalue weighted by molar-refractivity contribution is 9.10. The third kappa shape index (κ3) is 3.72. The average Bonchev–Trinajstić information content (AvgIpc) is 2.32. The number of hydrogen-bond donors (Lipinski definition) is 1. The Hall–Kier alpha value is -0.100. The van der Waals surface area contributed by atoms with Gasteiger partial charge in [-0.1, -0.05) is 30.9 Å². The summed E-state index contributed by atoms with van der Waals surface area (Å²) in [5.74, 6) is 0. The molecule has 0 aromatic heterocycles. The maximum atomic E-state index is 12.4. The van der Waals surface area contributed by atoms with Gasteiger partial charge in [0.25, 0.3) is 0 Å². The molecule has 1 aromatic rings. The zero-order valence-corrected chi connectivity index (χ0v) is 13.9. The van der Waals surface area contributed by atoms with Crippen LogP contribution in [0.2, 0.25) is 5.02 Å². The van der Waals surface area contributed by atoms with E-state index in [1.165, 1.54) is 18.6 Å². The number of halogens is 2. The predicted octanol–water partition coefficient (Wildman–Crippen LogP) is 4.10. The van der Waals surface area contributed by atoms with Crippen LogP contribution in [0.15, 0.2) is 27.6 Å². The van der Waals surface area contributed by atoms with Crippen molar-refractivity contribution < 1.29 is 8.42 Å². The summed E-state index contributed by atoms with van der Waals surface area (Å²) in [4.78, 5) is 0.246. The van der Waals surface area contributed by atoms with E-state index >= 15 is 0 Å². The summed E-state index contributed by atoms with van der Waals surface area (Å²) >= 11 is 9.14. The lowest BCUT2D eigenvalue weighted by molar-refractivity contribution is 0.294. The summed E-state index contributed by atoms with van der Waals surface area (Å²) in [7, 11) is -3.50. The Labute approximate surface area is 127 Å². The van der Waals surface area contributed by atoms with Crippen molar-refractivity contribution in [2.24, 2.45) is 0 Å². The highest BCUT2D eigenvalue weighted by atomic mass is 79.9. The van der Waals surface area contributed by atoms with Gasteiger partial charge in [-0.15, -0.1) is 0 Å². The standard InChI is InChI=1S/C13H17BrClNO2S/c1-13(7-3-2-4-8-13)16-19(17,18)10-5-6-12(15)11(14)9-10/h5-6,9,16H,2-4,7-8H2,1H3. The lowest BCUT2D eigenvalue weighted by atomic mass is 9.84. The van der Waals surface area contributed by atoms with Gasteiger partial charge in [-0.2, -0.15) is 0 Å². The van der Waals surface area contributed by atoms with E-state index in [4.69, 9.17) is 11.6 Å². The molecule has 106 valence electrons. The van der Waals surface area contributed by atoms with Crippen LogP contribution in [0, 0.1) is 0 Å². The zero-order chi connectivity index (χ0) is 14.1. The fourth-order valence-electron chi connectivity index (χ4n) is 2.46. The molecule has 1 fully saturated rings. The first-order valence-corrected chi connectivity index (χ1v) is 8.97. The van der Waals surface area contributed by atoms with Crippen LogP contribution < -0.4 is 4.72 Å². The molecule has 0 bridgehead atoms. The van der Waals surface area contributed by atoms with E-state index in [1.807, 2.05) is 6.92 Å². The second kappa shape index (κ2) is 5.72. The van der Waals surface area contributed by atoms with Crippen LogP contribution in [-0.4, -0.2) is 14.0 Å². The van der Waals surface area contributed by atoms with Crippen molar-refractivity contribution in [1.82, 2.24) is 4.72 Å². The SMILES string of the molecule is CC1(NS(=O)(=O)c2ccc(Cl)c(Br)c2)CCCCC1. The molecule has 0 aliphatic heterocycles. The number of benzene rings is 1. The monoisotopic (exact) mass is 365 g/mol. The van der Waals surface area contributed by atoms with Crippen molar-refractivity contribution in [3.8, 4) is 0 Å². The predicted molar refractivity (Wildman–Crippen MR) is 81.0 cm³/mol. The van der Waals surface area contributed by atoms with Crippen LogP contribution in [0.5, 0.6) is 0 Å². The molecule has 19 heavy (non-hydrogen) atoms. The zero-order valence-electron chi connectivity index (χ0n) is 10.7. The molecule has 0 spiro atoms. The van der Waals surface area contributed by atoms with Gasteiger partial charge in [-0.05, 0) is 53.9 Å². The fraction of sp³-hybridized carbons (Fsp3) is 0.538. The van der Waals surface area contributed by atoms with Gasteiger partial charge in [-0.25, -0.2) is 13.1 Å². The highest BCUT2D eigenvalue weighted by Crippen LogP contribution is 2.30. The van der Waals surface area contributed by atoms with Crippen molar-refractivity contribution in [2.75, 3.05) is 0 Å². The molecule has 0 radical (unpaired) electrons. The number of rotatable bonds is 3. The van der Waals surface area contributed by atoms with Crippen LogP contribution >= 0.6 is 27.5 Å². The third-order valence-corrected chi connectivity index (χ3v) is 6.39. The normalized spacial score (nSPS) is 19.3. The van der Waals surface area contributed by atoms with E-state index in [9.17, 15) is 8.42 Å². The quantitative estimate of drug-likeness (QED) is 0.875. The van der Waals surface area contributed by atoms with Crippen LogP contribution in [0.25, 0.3) is 0 Å². The molecular formula is C13H17BrClNO2S. The van der Waals surface area contributed by atoms with E-state index in [1.54, 1.807) is 6.07 Å². The Morgan fingerprint density at radius 1 is 1.26 bits per heavy atom. The summed E-state index contributed by atoms with van der Waals surface area (Å²) in [5.41, 5.74) is -0.330. The molecular weight excluding hydrogens is 350 g/mol. The Morgan fingerprint density at radius 3 is 2.47 bits per heavy atom. The molecule has 1 N–H and O–H groups in total. The first kappa shape index (κ1) is 15.3. The molecule has 0 saturated heterocycles. The van der Waals surface area contributed by atoms with Crippen LogP contribution in [-0.2, 0) is 10.0 Å². The largest absolute Gasteiger partial charge is 0.241 e. The summed E-state index contributed by atoms with van der Waals surface area (Å²) < 4.78 is 28.2. The summed E-state index contributed by atoms with van der Waals surface area (Å²) in [6, 6.07) is 4.65. The smallest absolute Gasteiger partial charge is 0.207 e. The summed E-state index contributed by atoms with van der Waals surface area (Å²) in [6.07, 6.45) is 5.11. The minimum Gasteiger partial charge on any atom is -0.207 e. The summed E-state index contributed by atoms with van der Waals surface area (Å²) in [5, 5.41) is 0.503. The number of sulfonamides is 1. The van der Waals surface area contributed by atoms with E-state index < -0.39 is 10.0 Å². The minimum atomic E-state index is -3.50. The Bertz CT molecular complexity index is 568. The molecule has 2 rings (SSSR count). The van der Waals surface area contributed by atoms with E-state index in [0.29, 0.717) is 9.50 Å². The van der Waals surface area contributed by atoms with E-state index in [0.717, 1.165) is 25.7 Å². The van der Waals surface area contributed by atoms with Gasteiger partial charge in [-0.3, -0.25) is 0 Å². The molecule has 0 heterocycles. The van der Waals surface area contributed by atoms with Crippen LogP contribution in [0.4, 0.5) is 0 Å². The van der Waals surface area contributed by atoms with Gasteiger partial charge in [0.05, 0.1) is 9.92 Å². The molecule has 1 aliphatic carbocycles. The van der Waals surface area contributed by atoms with Crippen LogP contribution in [0.1, 0.15) is 39.0 Å². The minimum absolute atomic E-state index is 0.246. The molecule has 0 atom stereocenters. The average molecular weight is 367 g/mol. The van der Waals surface area contributed by atoms with Gasteiger partial charge in [0.2, 0.25) is 10.0 Å². The molecule has 1 aliphatic rings. The summed E-state index contributed by atoms with van der Waals surface area (Å²) in [6.45, 7) is 1.98. The molecule has 0 amide bonds. The third-order valence-electron chi connectivity index (χ3n) is 3.54. The van der Waals surface area contributed by atoms with Gasteiger partial charge < -0.3 is 0 Å². The van der Waals surface area contributed by atoms with E-state index in [2.05, 4.69) is 20.7 Å². The molecule has 1 saturated carbocycles. The highest BCUT2D eigenvalue weighted by Gasteiger charge is 2.32. The second-order valence-corrected chi connectivity index (χ2v) is 8.25. The van der Waals surface area contributed by atoms with E-state index in [-0.39, 0.29) is 10.4 Å². The topological polar surface area (TPSA) is 46.2 Å². The molecule has 0 unspecified atom stereocenters. The first-order valence-electron chi connectivity index (χ1n) is 6.31. The Morgan fingerprint density at radius 2 is 1.89 bits per heavy atom. The Balaban J connectivity index is 2.24. The van der Waals surface area contributed by atoms with Gasteiger partial charge >= 0.3 is 0 Å². The molecule has 6 heteroatoms. The van der Waals surface area contributed by atoms with Crippen molar-refractivity contribution in [3.63, 3.8) is 0 Å². The Kier molecular flexibility index (Phi) is 4.60. The molecule has 3 nitrogen and oxygen atoms in total. The molecule has 1 aromatic carbocycles. The van der Waals surface area contributed by atoms with Gasteiger partial charge in [0.15, 0.2) is 0 Å². The van der Waals surface area contributed by atoms with Crippen molar-refractivity contribution in [3.05, 3.63) is 27.7 Å². The van der Waals surface area contributed by atoms with Crippen molar-refractivity contribution >= 4 is 37.6 Å². The van der Waals surface area contributed by atoms with Crippen molar-refractivity contribution in [1.29, 1.82) is 0 Å². The van der Waals surface area contributed by atoms with Crippen LogP contribution in [0.3, 0.4) is 0 Å². The maximum Gasteiger partial charge on any atom is 0.241 e. The lowest BCUT2D eigenvalue weighted by Crippen LogP contribution is -2.47.